The molecule has 2 amide bonds. The summed E-state index contributed by atoms with van der Waals surface area (Å²) in [6.45, 7) is 2.85. The van der Waals surface area contributed by atoms with Crippen molar-refractivity contribution in [2.45, 2.75) is 57.5 Å². The van der Waals surface area contributed by atoms with Gasteiger partial charge in [-0.15, -0.1) is 0 Å². The zero-order valence-electron chi connectivity index (χ0n) is 15.0. The molecule has 0 bridgehead atoms. The highest BCUT2D eigenvalue weighted by molar-refractivity contribution is 5.89. The second-order valence-corrected chi connectivity index (χ2v) is 8.16. The summed E-state index contributed by atoms with van der Waals surface area (Å²) in [5, 5.41) is 3.28. The van der Waals surface area contributed by atoms with Gasteiger partial charge in [0.2, 0.25) is 11.8 Å². The number of carbonyl (C=O) groups excluding carboxylic acids is 2. The van der Waals surface area contributed by atoms with E-state index >= 15 is 0 Å². The van der Waals surface area contributed by atoms with Crippen molar-refractivity contribution in [1.82, 2.24) is 10.2 Å². The molecule has 4 unspecified atom stereocenters. The summed E-state index contributed by atoms with van der Waals surface area (Å²) >= 11 is 0. The van der Waals surface area contributed by atoms with E-state index in [2.05, 4.69) is 24.4 Å². The van der Waals surface area contributed by atoms with Crippen LogP contribution in [0.2, 0.25) is 0 Å². The fourth-order valence-corrected chi connectivity index (χ4v) is 4.66. The van der Waals surface area contributed by atoms with E-state index in [0.717, 1.165) is 19.3 Å². The predicted molar refractivity (Wildman–Crippen MR) is 96.7 cm³/mol. The van der Waals surface area contributed by atoms with E-state index in [1.54, 1.807) is 0 Å². The Morgan fingerprint density at radius 1 is 1.20 bits per heavy atom. The molecule has 1 aromatic carbocycles. The molecular weight excluding hydrogens is 312 g/mol. The lowest BCUT2D eigenvalue weighted by atomic mass is 9.99. The van der Waals surface area contributed by atoms with Crippen LogP contribution in [0.5, 0.6) is 0 Å². The third-order valence-electron chi connectivity index (χ3n) is 6.35. The first-order chi connectivity index (χ1) is 12.1. The van der Waals surface area contributed by atoms with Crippen molar-refractivity contribution in [2.75, 3.05) is 6.54 Å². The Morgan fingerprint density at radius 3 is 2.52 bits per heavy atom. The fourth-order valence-electron chi connectivity index (χ4n) is 4.66. The maximum atomic E-state index is 12.9. The topological polar surface area (TPSA) is 49.4 Å². The highest BCUT2D eigenvalue weighted by atomic mass is 16.2. The first-order valence-corrected chi connectivity index (χ1v) is 9.78. The van der Waals surface area contributed by atoms with Gasteiger partial charge in [-0.05, 0) is 36.7 Å². The minimum atomic E-state index is -0.187. The molecule has 4 rings (SSSR count). The van der Waals surface area contributed by atoms with Crippen molar-refractivity contribution in [2.24, 2.45) is 17.8 Å². The molecular formula is C21H28N2O2. The molecule has 1 heterocycles. The van der Waals surface area contributed by atoms with Gasteiger partial charge in [-0.2, -0.15) is 0 Å². The Balaban J connectivity index is 1.42. The van der Waals surface area contributed by atoms with Crippen LogP contribution in [0.1, 0.15) is 57.1 Å². The van der Waals surface area contributed by atoms with E-state index in [1.807, 2.05) is 23.1 Å². The minimum absolute atomic E-state index is 0.0572. The summed E-state index contributed by atoms with van der Waals surface area (Å²) < 4.78 is 0. The van der Waals surface area contributed by atoms with Crippen molar-refractivity contribution in [1.29, 1.82) is 0 Å². The number of benzene rings is 1. The molecule has 1 aliphatic heterocycles. The number of nitrogens with zero attached hydrogens (tertiary/aromatic N) is 1. The smallest absolute Gasteiger partial charge is 0.225 e. The van der Waals surface area contributed by atoms with Gasteiger partial charge in [-0.1, -0.05) is 50.1 Å². The van der Waals surface area contributed by atoms with E-state index in [0.29, 0.717) is 30.8 Å². The van der Waals surface area contributed by atoms with E-state index in [9.17, 15) is 9.59 Å². The number of hydrogen-bond donors (Lipinski definition) is 1. The Kier molecular flexibility index (Phi) is 4.53. The van der Waals surface area contributed by atoms with Crippen LogP contribution < -0.4 is 5.32 Å². The van der Waals surface area contributed by atoms with Crippen LogP contribution in [0.3, 0.4) is 0 Å². The van der Waals surface area contributed by atoms with E-state index < -0.39 is 0 Å². The van der Waals surface area contributed by atoms with Crippen molar-refractivity contribution >= 4 is 11.8 Å². The van der Waals surface area contributed by atoms with Crippen LogP contribution in [0.15, 0.2) is 30.3 Å². The largest absolute Gasteiger partial charge is 0.349 e. The summed E-state index contributed by atoms with van der Waals surface area (Å²) in [5.41, 5.74) is 1.18. The summed E-state index contributed by atoms with van der Waals surface area (Å²) in [7, 11) is 0. The minimum Gasteiger partial charge on any atom is -0.349 e. The van der Waals surface area contributed by atoms with Gasteiger partial charge in [0, 0.05) is 19.0 Å². The molecule has 134 valence electrons. The zero-order valence-corrected chi connectivity index (χ0v) is 15.0. The first kappa shape index (κ1) is 16.6. The van der Waals surface area contributed by atoms with Gasteiger partial charge < -0.3 is 10.2 Å². The van der Waals surface area contributed by atoms with Gasteiger partial charge in [0.25, 0.3) is 0 Å². The molecule has 2 aliphatic carbocycles. The van der Waals surface area contributed by atoms with Gasteiger partial charge >= 0.3 is 0 Å². The van der Waals surface area contributed by atoms with Crippen LogP contribution in [-0.2, 0) is 9.59 Å². The summed E-state index contributed by atoms with van der Waals surface area (Å²) in [6, 6.07) is 10.7. The second-order valence-electron chi connectivity index (χ2n) is 8.16. The standard InChI is InChI=1S/C21H28N2O2/c1-14-11-18(14)20(15-7-3-2-4-8-15)22-21(25)16-12-19(24)23(13-16)17-9-5-6-10-17/h2-4,7-8,14,16-18,20H,5-6,9-13H2,1H3,(H,22,25). The van der Waals surface area contributed by atoms with E-state index in [1.165, 1.54) is 18.4 Å². The average Bonchev–Trinajstić information content (AvgIpc) is 3.03. The molecule has 1 saturated heterocycles. The number of carbonyl (C=O) groups is 2. The lowest BCUT2D eigenvalue weighted by molar-refractivity contribution is -0.130. The molecule has 25 heavy (non-hydrogen) atoms. The molecule has 2 saturated carbocycles. The molecule has 0 spiro atoms. The fraction of sp³-hybridized carbons (Fsp3) is 0.619. The Bertz CT molecular complexity index is 639. The van der Waals surface area contributed by atoms with Gasteiger partial charge in [0.05, 0.1) is 12.0 Å². The summed E-state index contributed by atoms with van der Waals surface area (Å²) in [4.78, 5) is 27.2. The Morgan fingerprint density at radius 2 is 1.88 bits per heavy atom. The molecule has 3 fully saturated rings. The van der Waals surface area contributed by atoms with Crippen molar-refractivity contribution in [3.05, 3.63) is 35.9 Å². The monoisotopic (exact) mass is 340 g/mol. The SMILES string of the molecule is CC1CC1C(NC(=O)C1CC(=O)N(C2CCCC2)C1)c1ccccc1. The van der Waals surface area contributed by atoms with E-state index in [4.69, 9.17) is 0 Å². The molecule has 4 nitrogen and oxygen atoms in total. The molecule has 1 N–H and O–H groups in total. The summed E-state index contributed by atoms with van der Waals surface area (Å²) in [5.74, 6) is 1.22. The quantitative estimate of drug-likeness (QED) is 0.894. The highest BCUT2D eigenvalue weighted by Gasteiger charge is 2.43. The lowest BCUT2D eigenvalue weighted by Crippen LogP contribution is -2.38. The van der Waals surface area contributed by atoms with Crippen molar-refractivity contribution in [3.8, 4) is 0 Å². The highest BCUT2D eigenvalue weighted by Crippen LogP contribution is 2.47. The van der Waals surface area contributed by atoms with Crippen LogP contribution in [0.25, 0.3) is 0 Å². The van der Waals surface area contributed by atoms with Crippen LogP contribution in [0.4, 0.5) is 0 Å². The van der Waals surface area contributed by atoms with E-state index in [-0.39, 0.29) is 23.8 Å². The van der Waals surface area contributed by atoms with Gasteiger partial charge in [0.15, 0.2) is 0 Å². The Labute approximate surface area is 150 Å². The zero-order chi connectivity index (χ0) is 17.4. The maximum Gasteiger partial charge on any atom is 0.225 e. The van der Waals surface area contributed by atoms with Crippen molar-refractivity contribution < 1.29 is 9.59 Å². The van der Waals surface area contributed by atoms with Gasteiger partial charge in [-0.25, -0.2) is 0 Å². The average molecular weight is 340 g/mol. The first-order valence-electron chi connectivity index (χ1n) is 9.78. The third-order valence-corrected chi connectivity index (χ3v) is 6.35. The van der Waals surface area contributed by atoms with Crippen LogP contribution >= 0.6 is 0 Å². The number of nitrogens with one attached hydrogen (secondary N) is 1. The Hall–Kier alpha value is -1.84. The van der Waals surface area contributed by atoms with Crippen LogP contribution in [0, 0.1) is 17.8 Å². The molecule has 4 atom stereocenters. The summed E-state index contributed by atoms with van der Waals surface area (Å²) in [6.07, 6.45) is 6.17. The van der Waals surface area contributed by atoms with Crippen LogP contribution in [-0.4, -0.2) is 29.3 Å². The normalized spacial score (nSPS) is 30.5. The number of likely N-dealkylation sites (tertiary alicyclic amines) is 1. The molecule has 3 aliphatic rings. The van der Waals surface area contributed by atoms with Crippen molar-refractivity contribution in [3.63, 3.8) is 0 Å². The molecule has 0 radical (unpaired) electrons. The lowest BCUT2D eigenvalue weighted by Gasteiger charge is -2.25. The third kappa shape index (κ3) is 3.44. The predicted octanol–water partition coefficient (Wildman–Crippen LogP) is 3.29. The molecule has 1 aromatic rings. The second kappa shape index (κ2) is 6.81. The van der Waals surface area contributed by atoms with Gasteiger partial charge in [-0.3, -0.25) is 9.59 Å². The molecule has 0 aromatic heterocycles. The maximum absolute atomic E-state index is 12.9. The number of amides is 2. The van der Waals surface area contributed by atoms with Gasteiger partial charge in [0.1, 0.15) is 0 Å². The number of hydrogen-bond acceptors (Lipinski definition) is 2. The molecule has 4 heteroatoms. The number of rotatable bonds is 5.